The molecule has 1 aromatic heterocycles. The molecule has 1 saturated heterocycles. The Hall–Kier alpha value is -1.91. The van der Waals surface area contributed by atoms with Crippen molar-refractivity contribution in [2.24, 2.45) is 16.7 Å². The third-order valence-electron chi connectivity index (χ3n) is 5.67. The van der Waals surface area contributed by atoms with Gasteiger partial charge >= 0.3 is 6.18 Å². The molecule has 1 aliphatic rings. The van der Waals surface area contributed by atoms with Crippen LogP contribution in [0.3, 0.4) is 0 Å². The number of nitrogens with zero attached hydrogens (tertiary/aromatic N) is 2. The molecule has 6 nitrogen and oxygen atoms in total. The molecule has 32 heavy (non-hydrogen) atoms. The molecule has 0 saturated carbocycles. The standard InChI is InChI=1S/C22H30F3N3O3S/c1-20(2)12-21(3,4)14-28(13-20)32(30,31)18-9-15-7-5-6-8-17(15)27-19(18)26-10-16(11-29)22(23,24)25/h5-9,16,29H,10-14H2,1-4H3,(H,26,27). The molecule has 10 heteroatoms. The van der Waals surface area contributed by atoms with Gasteiger partial charge in [0.05, 0.1) is 18.0 Å². The lowest BCUT2D eigenvalue weighted by Crippen LogP contribution is -2.50. The lowest BCUT2D eigenvalue weighted by molar-refractivity contribution is -0.179. The average molecular weight is 474 g/mol. The lowest BCUT2D eigenvalue weighted by Gasteiger charge is -2.46. The predicted octanol–water partition coefficient (Wildman–Crippen LogP) is 4.26. The van der Waals surface area contributed by atoms with E-state index < -0.39 is 35.3 Å². The summed E-state index contributed by atoms with van der Waals surface area (Å²) < 4.78 is 68.2. The fourth-order valence-corrected chi connectivity index (χ4v) is 6.61. The van der Waals surface area contributed by atoms with Gasteiger partial charge in [0.2, 0.25) is 10.0 Å². The Morgan fingerprint density at radius 2 is 1.75 bits per heavy atom. The number of sulfonamides is 1. The molecule has 2 aromatic rings. The lowest BCUT2D eigenvalue weighted by atomic mass is 9.72. The maximum absolute atomic E-state index is 13.7. The third-order valence-corrected chi connectivity index (χ3v) is 7.48. The summed E-state index contributed by atoms with van der Waals surface area (Å²) in [6.07, 6.45) is -3.78. The van der Waals surface area contributed by atoms with Crippen LogP contribution >= 0.6 is 0 Å². The minimum Gasteiger partial charge on any atom is -0.396 e. The summed E-state index contributed by atoms with van der Waals surface area (Å²) in [4.78, 5) is 4.17. The summed E-state index contributed by atoms with van der Waals surface area (Å²) in [5.74, 6) is -2.19. The number of anilines is 1. The van der Waals surface area contributed by atoms with Crippen molar-refractivity contribution in [1.82, 2.24) is 9.29 Å². The number of aromatic nitrogens is 1. The van der Waals surface area contributed by atoms with Gasteiger partial charge in [-0.25, -0.2) is 13.4 Å². The van der Waals surface area contributed by atoms with Gasteiger partial charge in [0.1, 0.15) is 10.7 Å². The number of nitrogens with one attached hydrogen (secondary N) is 1. The van der Waals surface area contributed by atoms with Crippen LogP contribution in [0.15, 0.2) is 35.2 Å². The number of aliphatic hydroxyl groups excluding tert-OH is 1. The van der Waals surface area contributed by atoms with Crippen molar-refractivity contribution >= 4 is 26.7 Å². The van der Waals surface area contributed by atoms with Crippen molar-refractivity contribution in [1.29, 1.82) is 0 Å². The first-order chi connectivity index (χ1) is 14.6. The van der Waals surface area contributed by atoms with Gasteiger partial charge in [-0.05, 0) is 29.4 Å². The number of hydrogen-bond donors (Lipinski definition) is 2. The fourth-order valence-electron chi connectivity index (χ4n) is 4.65. The minimum absolute atomic E-state index is 0.146. The van der Waals surface area contributed by atoms with Gasteiger partial charge in [-0.15, -0.1) is 0 Å². The van der Waals surface area contributed by atoms with Crippen LogP contribution in [0, 0.1) is 16.7 Å². The summed E-state index contributed by atoms with van der Waals surface area (Å²) in [6.45, 7) is 6.81. The van der Waals surface area contributed by atoms with E-state index in [9.17, 15) is 21.6 Å². The smallest absolute Gasteiger partial charge is 0.395 e. The van der Waals surface area contributed by atoms with Gasteiger partial charge in [-0.1, -0.05) is 45.9 Å². The summed E-state index contributed by atoms with van der Waals surface area (Å²) >= 11 is 0. The number of piperidine rings is 1. The zero-order chi connectivity index (χ0) is 23.9. The van der Waals surface area contributed by atoms with Crippen molar-refractivity contribution in [2.45, 2.75) is 45.2 Å². The maximum Gasteiger partial charge on any atom is 0.395 e. The van der Waals surface area contributed by atoms with Crippen LogP contribution in [0.1, 0.15) is 34.1 Å². The molecule has 0 aliphatic carbocycles. The fraction of sp³-hybridized carbons (Fsp3) is 0.591. The zero-order valence-corrected chi connectivity index (χ0v) is 19.5. The van der Waals surface area contributed by atoms with E-state index in [1.165, 1.54) is 10.4 Å². The Kier molecular flexibility index (Phi) is 6.54. The second kappa shape index (κ2) is 8.46. The predicted molar refractivity (Wildman–Crippen MR) is 118 cm³/mol. The highest BCUT2D eigenvalue weighted by Gasteiger charge is 2.43. The van der Waals surface area contributed by atoms with Gasteiger partial charge in [0.15, 0.2) is 0 Å². The highest BCUT2D eigenvalue weighted by Crippen LogP contribution is 2.42. The number of alkyl halides is 3. The van der Waals surface area contributed by atoms with Gasteiger partial charge in [0, 0.05) is 25.0 Å². The molecule has 0 bridgehead atoms. The number of para-hydroxylation sites is 1. The largest absolute Gasteiger partial charge is 0.396 e. The number of aliphatic hydroxyl groups is 1. The number of rotatable bonds is 6. The molecule has 0 radical (unpaired) electrons. The molecule has 178 valence electrons. The molecule has 0 spiro atoms. The summed E-state index contributed by atoms with van der Waals surface area (Å²) in [5, 5.41) is 12.3. The Balaban J connectivity index is 2.06. The zero-order valence-electron chi connectivity index (χ0n) is 18.7. The van der Waals surface area contributed by atoms with E-state index in [2.05, 4.69) is 10.3 Å². The van der Waals surface area contributed by atoms with Gasteiger partial charge < -0.3 is 10.4 Å². The highest BCUT2D eigenvalue weighted by atomic mass is 32.2. The van der Waals surface area contributed by atoms with Crippen LogP contribution in [0.25, 0.3) is 10.9 Å². The molecule has 1 fully saturated rings. The molecular weight excluding hydrogens is 443 g/mol. The van der Waals surface area contributed by atoms with E-state index in [0.29, 0.717) is 24.0 Å². The van der Waals surface area contributed by atoms with Crippen molar-refractivity contribution < 1.29 is 26.7 Å². The van der Waals surface area contributed by atoms with Crippen LogP contribution in [0.5, 0.6) is 0 Å². The van der Waals surface area contributed by atoms with Crippen LogP contribution in [0.4, 0.5) is 19.0 Å². The number of hydrogen-bond acceptors (Lipinski definition) is 5. The van der Waals surface area contributed by atoms with Gasteiger partial charge in [0.25, 0.3) is 0 Å². The first kappa shape index (κ1) is 24.7. The molecule has 0 amide bonds. The van der Waals surface area contributed by atoms with Crippen LogP contribution < -0.4 is 5.32 Å². The Morgan fingerprint density at radius 3 is 2.31 bits per heavy atom. The first-order valence-electron chi connectivity index (χ1n) is 10.5. The molecule has 3 rings (SSSR count). The van der Waals surface area contributed by atoms with E-state index in [1.807, 2.05) is 27.7 Å². The van der Waals surface area contributed by atoms with Gasteiger partial charge in [-0.2, -0.15) is 17.5 Å². The second-order valence-corrected chi connectivity index (χ2v) is 12.0. The van der Waals surface area contributed by atoms with Crippen molar-refractivity contribution in [3.63, 3.8) is 0 Å². The highest BCUT2D eigenvalue weighted by molar-refractivity contribution is 7.89. The molecular formula is C22H30F3N3O3S. The Morgan fingerprint density at radius 1 is 1.16 bits per heavy atom. The second-order valence-electron chi connectivity index (χ2n) is 10.1. The van der Waals surface area contributed by atoms with E-state index in [-0.39, 0.29) is 21.5 Å². The Bertz CT molecular complexity index is 1070. The molecule has 1 aromatic carbocycles. The number of pyridine rings is 1. The van der Waals surface area contributed by atoms with E-state index in [0.717, 1.165) is 6.42 Å². The summed E-state index contributed by atoms with van der Waals surface area (Å²) in [6, 6.07) is 8.29. The van der Waals surface area contributed by atoms with Crippen molar-refractivity contribution in [3.05, 3.63) is 30.3 Å². The van der Waals surface area contributed by atoms with E-state index in [1.54, 1.807) is 24.3 Å². The van der Waals surface area contributed by atoms with Crippen molar-refractivity contribution in [3.8, 4) is 0 Å². The van der Waals surface area contributed by atoms with Crippen LogP contribution in [-0.4, -0.2) is 55.2 Å². The van der Waals surface area contributed by atoms with Gasteiger partial charge in [-0.3, -0.25) is 0 Å². The summed E-state index contributed by atoms with van der Waals surface area (Å²) in [5.41, 5.74) is -0.0589. The minimum atomic E-state index is -4.63. The Labute approximate surface area is 186 Å². The molecule has 2 N–H and O–H groups in total. The SMILES string of the molecule is CC1(C)CN(S(=O)(=O)c2cc3ccccc3nc2NCC(CO)C(F)(F)F)CC(C)(C)C1. The van der Waals surface area contributed by atoms with Crippen LogP contribution in [-0.2, 0) is 10.0 Å². The number of halogens is 3. The number of fused-ring (bicyclic) bond motifs is 1. The average Bonchev–Trinajstić information content (AvgIpc) is 2.64. The maximum atomic E-state index is 13.7. The number of benzene rings is 1. The van der Waals surface area contributed by atoms with E-state index in [4.69, 9.17) is 5.11 Å². The van der Waals surface area contributed by atoms with Crippen molar-refractivity contribution in [2.75, 3.05) is 31.6 Å². The molecule has 2 heterocycles. The third kappa shape index (κ3) is 5.35. The topological polar surface area (TPSA) is 82.5 Å². The quantitative estimate of drug-likeness (QED) is 0.655. The normalized spacial score (nSPS) is 20.2. The van der Waals surface area contributed by atoms with E-state index >= 15 is 0 Å². The van der Waals surface area contributed by atoms with Crippen LogP contribution in [0.2, 0.25) is 0 Å². The molecule has 1 unspecified atom stereocenters. The first-order valence-corrected chi connectivity index (χ1v) is 11.9. The molecule has 1 atom stereocenters. The molecule has 1 aliphatic heterocycles. The summed E-state index contributed by atoms with van der Waals surface area (Å²) in [7, 11) is -4.05. The monoisotopic (exact) mass is 473 g/mol.